The van der Waals surface area contributed by atoms with Gasteiger partial charge in [0.25, 0.3) is 0 Å². The molecule has 0 saturated heterocycles. The second-order valence-corrected chi connectivity index (χ2v) is 6.88. The van der Waals surface area contributed by atoms with Gasteiger partial charge in [0.2, 0.25) is 0 Å². The number of benzene rings is 1. The van der Waals surface area contributed by atoms with Gasteiger partial charge in [-0.15, -0.1) is 0 Å². The van der Waals surface area contributed by atoms with Crippen molar-refractivity contribution in [1.82, 2.24) is 0 Å². The maximum atomic E-state index is 10.8. The number of carbonyl (C=O) groups is 1. The third-order valence-electron chi connectivity index (χ3n) is 5.02. The summed E-state index contributed by atoms with van der Waals surface area (Å²) in [4.78, 5) is 10.8. The highest BCUT2D eigenvalue weighted by Gasteiger charge is 2.21. The van der Waals surface area contributed by atoms with Crippen molar-refractivity contribution in [1.29, 1.82) is 0 Å². The van der Waals surface area contributed by atoms with Crippen molar-refractivity contribution in [2.75, 3.05) is 6.61 Å². The quantitative estimate of drug-likeness (QED) is 0.608. The van der Waals surface area contributed by atoms with Crippen LogP contribution in [0.3, 0.4) is 0 Å². The zero-order valence-corrected chi connectivity index (χ0v) is 14.3. The number of hydrogen-bond donors (Lipinski definition) is 1. The molecule has 0 bridgehead atoms. The minimum Gasteiger partial charge on any atom is -0.493 e. The molecule has 0 spiro atoms. The summed E-state index contributed by atoms with van der Waals surface area (Å²) in [6.07, 6.45) is 12.1. The molecule has 2 rings (SSSR count). The van der Waals surface area contributed by atoms with E-state index in [1.165, 1.54) is 57.8 Å². The van der Waals surface area contributed by atoms with Crippen molar-refractivity contribution in [3.05, 3.63) is 29.8 Å². The summed E-state index contributed by atoms with van der Waals surface area (Å²) >= 11 is 0. The highest BCUT2D eigenvalue weighted by atomic mass is 16.5. The first-order chi connectivity index (χ1) is 11.2. The molecule has 0 unspecified atom stereocenters. The van der Waals surface area contributed by atoms with Crippen molar-refractivity contribution in [2.24, 2.45) is 11.8 Å². The summed E-state index contributed by atoms with van der Waals surface area (Å²) in [5.41, 5.74) is 0.306. The fourth-order valence-corrected chi connectivity index (χ4v) is 3.45. The lowest BCUT2D eigenvalue weighted by Crippen LogP contribution is -2.20. The van der Waals surface area contributed by atoms with Crippen LogP contribution in [0.5, 0.6) is 5.75 Å². The molecule has 3 heteroatoms. The minimum absolute atomic E-state index is 0.306. The molecule has 1 aromatic rings. The second kappa shape index (κ2) is 9.59. The average Bonchev–Trinajstić information content (AvgIpc) is 2.58. The number of carboxylic acid groups (broad SMARTS) is 1. The SMILES string of the molecule is CCCCCC[C@H]1CC[C@H](COc2ccc(C(=O)O)cc2)CC1. The molecule has 1 aliphatic carbocycles. The van der Waals surface area contributed by atoms with Crippen molar-refractivity contribution >= 4 is 5.97 Å². The Bertz CT molecular complexity index is 458. The summed E-state index contributed by atoms with van der Waals surface area (Å²) in [6, 6.07) is 6.71. The largest absolute Gasteiger partial charge is 0.493 e. The Morgan fingerprint density at radius 1 is 1.04 bits per heavy atom. The van der Waals surface area contributed by atoms with Crippen LogP contribution in [0.2, 0.25) is 0 Å². The molecule has 1 fully saturated rings. The molecule has 1 aliphatic rings. The van der Waals surface area contributed by atoms with Crippen LogP contribution in [0.1, 0.15) is 75.1 Å². The van der Waals surface area contributed by atoms with Gasteiger partial charge < -0.3 is 9.84 Å². The van der Waals surface area contributed by atoms with E-state index in [9.17, 15) is 4.79 Å². The van der Waals surface area contributed by atoms with Crippen LogP contribution in [0.4, 0.5) is 0 Å². The van der Waals surface area contributed by atoms with E-state index in [1.54, 1.807) is 24.3 Å². The topological polar surface area (TPSA) is 46.5 Å². The third-order valence-corrected chi connectivity index (χ3v) is 5.02. The van der Waals surface area contributed by atoms with Gasteiger partial charge in [0, 0.05) is 0 Å². The lowest BCUT2D eigenvalue weighted by atomic mass is 9.80. The molecule has 0 radical (unpaired) electrons. The van der Waals surface area contributed by atoms with Gasteiger partial charge in [-0.3, -0.25) is 0 Å². The van der Waals surface area contributed by atoms with Gasteiger partial charge in [0.1, 0.15) is 5.75 Å². The molecule has 0 aromatic heterocycles. The van der Waals surface area contributed by atoms with Crippen LogP contribution < -0.4 is 4.74 Å². The number of ether oxygens (including phenoxy) is 1. The highest BCUT2D eigenvalue weighted by Crippen LogP contribution is 2.32. The molecule has 0 heterocycles. The zero-order valence-electron chi connectivity index (χ0n) is 14.3. The molecular weight excluding hydrogens is 288 g/mol. The first kappa shape index (κ1) is 17.8. The Hall–Kier alpha value is -1.51. The van der Waals surface area contributed by atoms with Gasteiger partial charge in [0.15, 0.2) is 0 Å². The van der Waals surface area contributed by atoms with Crippen LogP contribution in [-0.2, 0) is 0 Å². The van der Waals surface area contributed by atoms with E-state index in [4.69, 9.17) is 9.84 Å². The molecule has 0 atom stereocenters. The van der Waals surface area contributed by atoms with Crippen LogP contribution in [0.15, 0.2) is 24.3 Å². The average molecular weight is 318 g/mol. The standard InChI is InChI=1S/C20H30O3/c1-2-3-4-5-6-16-7-9-17(10-8-16)15-23-19-13-11-18(12-14-19)20(21)22/h11-14,16-17H,2-10,15H2,1H3,(H,21,22)/t16-,17-. The lowest BCUT2D eigenvalue weighted by Gasteiger charge is -2.28. The van der Waals surface area contributed by atoms with Gasteiger partial charge in [-0.2, -0.15) is 0 Å². The minimum atomic E-state index is -0.895. The molecule has 23 heavy (non-hydrogen) atoms. The van der Waals surface area contributed by atoms with E-state index in [2.05, 4.69) is 6.92 Å². The Morgan fingerprint density at radius 2 is 1.70 bits per heavy atom. The fraction of sp³-hybridized carbons (Fsp3) is 0.650. The molecule has 0 aliphatic heterocycles. The van der Waals surface area contributed by atoms with Crippen LogP contribution in [0, 0.1) is 11.8 Å². The second-order valence-electron chi connectivity index (χ2n) is 6.88. The Kier molecular flexibility index (Phi) is 7.44. The van der Waals surface area contributed by atoms with Gasteiger partial charge in [-0.25, -0.2) is 4.79 Å². The van der Waals surface area contributed by atoms with Crippen LogP contribution >= 0.6 is 0 Å². The summed E-state index contributed by atoms with van der Waals surface area (Å²) in [7, 11) is 0. The van der Waals surface area contributed by atoms with Gasteiger partial charge in [0.05, 0.1) is 12.2 Å². The maximum absolute atomic E-state index is 10.8. The Morgan fingerprint density at radius 3 is 2.30 bits per heavy atom. The highest BCUT2D eigenvalue weighted by molar-refractivity contribution is 5.87. The Balaban J connectivity index is 1.63. The van der Waals surface area contributed by atoms with Crippen LogP contribution in [-0.4, -0.2) is 17.7 Å². The predicted octanol–water partition coefficient (Wildman–Crippen LogP) is 5.54. The monoisotopic (exact) mass is 318 g/mol. The normalized spacial score (nSPS) is 21.1. The number of aromatic carboxylic acids is 1. The fourth-order valence-electron chi connectivity index (χ4n) is 3.45. The molecule has 1 N–H and O–H groups in total. The van der Waals surface area contributed by atoms with Gasteiger partial charge >= 0.3 is 5.97 Å². The summed E-state index contributed by atoms with van der Waals surface area (Å²) in [5, 5.41) is 8.88. The number of unbranched alkanes of at least 4 members (excludes halogenated alkanes) is 3. The number of rotatable bonds is 9. The van der Waals surface area contributed by atoms with Crippen molar-refractivity contribution in [2.45, 2.75) is 64.7 Å². The zero-order chi connectivity index (χ0) is 16.5. The molecule has 1 aromatic carbocycles. The maximum Gasteiger partial charge on any atom is 0.335 e. The number of carboxylic acids is 1. The van der Waals surface area contributed by atoms with E-state index in [0.29, 0.717) is 11.5 Å². The predicted molar refractivity (Wildman–Crippen MR) is 93.1 cm³/mol. The first-order valence-corrected chi connectivity index (χ1v) is 9.15. The Labute approximate surface area is 140 Å². The molecule has 128 valence electrons. The summed E-state index contributed by atoms with van der Waals surface area (Å²) in [5.74, 6) is 1.46. The van der Waals surface area contributed by atoms with E-state index < -0.39 is 5.97 Å². The first-order valence-electron chi connectivity index (χ1n) is 9.15. The summed E-state index contributed by atoms with van der Waals surface area (Å²) in [6.45, 7) is 3.02. The molecule has 3 nitrogen and oxygen atoms in total. The number of hydrogen-bond acceptors (Lipinski definition) is 2. The smallest absolute Gasteiger partial charge is 0.335 e. The van der Waals surface area contributed by atoms with E-state index in [-0.39, 0.29) is 0 Å². The van der Waals surface area contributed by atoms with E-state index in [0.717, 1.165) is 18.3 Å². The molecule has 1 saturated carbocycles. The van der Waals surface area contributed by atoms with Gasteiger partial charge in [-0.1, -0.05) is 51.9 Å². The molecule has 0 amide bonds. The summed E-state index contributed by atoms with van der Waals surface area (Å²) < 4.78 is 5.84. The van der Waals surface area contributed by atoms with E-state index in [1.807, 2.05) is 0 Å². The van der Waals surface area contributed by atoms with Crippen LogP contribution in [0.25, 0.3) is 0 Å². The van der Waals surface area contributed by atoms with Crippen molar-refractivity contribution in [3.8, 4) is 5.75 Å². The lowest BCUT2D eigenvalue weighted by molar-refractivity contribution is 0.0697. The molecular formula is C20H30O3. The van der Waals surface area contributed by atoms with Crippen molar-refractivity contribution in [3.63, 3.8) is 0 Å². The van der Waals surface area contributed by atoms with E-state index >= 15 is 0 Å². The third kappa shape index (κ3) is 6.25. The van der Waals surface area contributed by atoms with Crippen molar-refractivity contribution < 1.29 is 14.6 Å². The van der Waals surface area contributed by atoms with Gasteiger partial charge in [-0.05, 0) is 48.9 Å².